The van der Waals surface area contributed by atoms with Gasteiger partial charge in [0.1, 0.15) is 16.5 Å². The van der Waals surface area contributed by atoms with Crippen LogP contribution in [-0.4, -0.2) is 23.2 Å². The largest absolute Gasteiger partial charge is 0.383 e. The van der Waals surface area contributed by atoms with Gasteiger partial charge in [0.05, 0.1) is 12.0 Å². The molecule has 0 aliphatic heterocycles. The molecule has 2 rings (SSSR count). The van der Waals surface area contributed by atoms with E-state index in [0.717, 1.165) is 22.6 Å². The number of anilines is 1. The molecule has 0 radical (unpaired) electrons. The SMILES string of the molecule is CCOCCc1nc(N)c2cc(C)sc2n1. The lowest BCUT2D eigenvalue weighted by Gasteiger charge is -2.02. The Morgan fingerprint density at radius 2 is 2.25 bits per heavy atom. The van der Waals surface area contributed by atoms with Crippen LogP contribution >= 0.6 is 11.3 Å². The molecule has 0 aliphatic carbocycles. The number of thiophene rings is 1. The minimum atomic E-state index is 0.570. The van der Waals surface area contributed by atoms with E-state index in [9.17, 15) is 0 Å². The number of hydrogen-bond acceptors (Lipinski definition) is 5. The molecule has 0 unspecified atom stereocenters. The molecule has 0 fully saturated rings. The highest BCUT2D eigenvalue weighted by atomic mass is 32.1. The van der Waals surface area contributed by atoms with Crippen LogP contribution in [0.4, 0.5) is 5.82 Å². The third kappa shape index (κ3) is 2.31. The standard InChI is InChI=1S/C11H15N3OS/c1-3-15-5-4-9-13-10(12)8-6-7(2)16-11(8)14-9/h6H,3-5H2,1-2H3,(H2,12,13,14). The highest BCUT2D eigenvalue weighted by Gasteiger charge is 2.07. The average molecular weight is 237 g/mol. The molecule has 2 heterocycles. The summed E-state index contributed by atoms with van der Waals surface area (Å²) in [6, 6.07) is 2.03. The number of fused-ring (bicyclic) bond motifs is 1. The van der Waals surface area contributed by atoms with E-state index >= 15 is 0 Å². The topological polar surface area (TPSA) is 61.0 Å². The fraction of sp³-hybridized carbons (Fsp3) is 0.455. The first-order valence-electron chi connectivity index (χ1n) is 5.31. The van der Waals surface area contributed by atoms with Gasteiger partial charge in [-0.05, 0) is 19.9 Å². The normalized spacial score (nSPS) is 11.1. The van der Waals surface area contributed by atoms with Gasteiger partial charge in [-0.3, -0.25) is 0 Å². The molecule has 0 saturated carbocycles. The molecule has 2 aromatic heterocycles. The summed E-state index contributed by atoms with van der Waals surface area (Å²) >= 11 is 1.65. The Labute approximate surface area is 98.5 Å². The third-order valence-electron chi connectivity index (χ3n) is 2.27. The molecule has 0 bridgehead atoms. The van der Waals surface area contributed by atoms with E-state index in [1.807, 2.05) is 19.9 Å². The molecule has 5 heteroatoms. The van der Waals surface area contributed by atoms with Gasteiger partial charge in [0.2, 0.25) is 0 Å². The Balaban J connectivity index is 2.27. The molecule has 4 nitrogen and oxygen atoms in total. The van der Waals surface area contributed by atoms with Crippen molar-refractivity contribution in [3.63, 3.8) is 0 Å². The van der Waals surface area contributed by atoms with Gasteiger partial charge in [0.15, 0.2) is 0 Å². The van der Waals surface area contributed by atoms with E-state index in [2.05, 4.69) is 9.97 Å². The number of nitrogens with zero attached hydrogens (tertiary/aromatic N) is 2. The van der Waals surface area contributed by atoms with Crippen molar-refractivity contribution in [1.29, 1.82) is 0 Å². The average Bonchev–Trinajstić information content (AvgIpc) is 2.60. The Morgan fingerprint density at radius 1 is 1.44 bits per heavy atom. The number of hydrogen-bond donors (Lipinski definition) is 1. The smallest absolute Gasteiger partial charge is 0.135 e. The van der Waals surface area contributed by atoms with Gasteiger partial charge in [-0.15, -0.1) is 11.3 Å². The maximum absolute atomic E-state index is 5.89. The zero-order valence-electron chi connectivity index (χ0n) is 9.49. The summed E-state index contributed by atoms with van der Waals surface area (Å²) in [6.07, 6.45) is 0.713. The van der Waals surface area contributed by atoms with Gasteiger partial charge in [-0.25, -0.2) is 9.97 Å². The predicted molar refractivity (Wildman–Crippen MR) is 66.8 cm³/mol. The van der Waals surface area contributed by atoms with Crippen LogP contribution in [0.25, 0.3) is 10.2 Å². The Morgan fingerprint density at radius 3 is 3.00 bits per heavy atom. The van der Waals surface area contributed by atoms with Crippen molar-refractivity contribution in [2.45, 2.75) is 20.3 Å². The minimum Gasteiger partial charge on any atom is -0.383 e. The molecule has 0 saturated heterocycles. The summed E-state index contributed by atoms with van der Waals surface area (Å²) in [4.78, 5) is 10.9. The molecular formula is C11H15N3OS. The first-order valence-corrected chi connectivity index (χ1v) is 6.12. The molecule has 0 aliphatic rings. The van der Waals surface area contributed by atoms with E-state index in [-0.39, 0.29) is 0 Å². The summed E-state index contributed by atoms with van der Waals surface area (Å²) < 4.78 is 5.28. The Hall–Kier alpha value is -1.20. The summed E-state index contributed by atoms with van der Waals surface area (Å²) in [5.41, 5.74) is 5.89. The second-order valence-corrected chi connectivity index (χ2v) is 4.78. The number of nitrogen functional groups attached to an aromatic ring is 1. The van der Waals surface area contributed by atoms with Crippen molar-refractivity contribution in [2.75, 3.05) is 18.9 Å². The van der Waals surface area contributed by atoms with Gasteiger partial charge in [-0.1, -0.05) is 0 Å². The summed E-state index contributed by atoms with van der Waals surface area (Å²) in [7, 11) is 0. The van der Waals surface area contributed by atoms with Crippen LogP contribution in [0.3, 0.4) is 0 Å². The number of aromatic nitrogens is 2. The second-order valence-electron chi connectivity index (χ2n) is 3.55. The number of rotatable bonds is 4. The van der Waals surface area contributed by atoms with E-state index in [4.69, 9.17) is 10.5 Å². The van der Waals surface area contributed by atoms with Crippen molar-refractivity contribution in [3.8, 4) is 0 Å². The van der Waals surface area contributed by atoms with Gasteiger partial charge in [0, 0.05) is 17.9 Å². The number of aryl methyl sites for hydroxylation is 1. The van der Waals surface area contributed by atoms with E-state index in [1.54, 1.807) is 11.3 Å². The highest BCUT2D eigenvalue weighted by Crippen LogP contribution is 2.26. The third-order valence-corrected chi connectivity index (χ3v) is 3.21. The maximum Gasteiger partial charge on any atom is 0.135 e. The van der Waals surface area contributed by atoms with Crippen LogP contribution < -0.4 is 5.73 Å². The minimum absolute atomic E-state index is 0.570. The molecule has 0 aromatic carbocycles. The molecule has 0 spiro atoms. The molecular weight excluding hydrogens is 222 g/mol. The van der Waals surface area contributed by atoms with Crippen LogP contribution in [0.1, 0.15) is 17.6 Å². The van der Waals surface area contributed by atoms with Gasteiger partial charge in [-0.2, -0.15) is 0 Å². The highest BCUT2D eigenvalue weighted by molar-refractivity contribution is 7.18. The van der Waals surface area contributed by atoms with Crippen molar-refractivity contribution in [3.05, 3.63) is 16.8 Å². The van der Waals surface area contributed by atoms with Gasteiger partial charge >= 0.3 is 0 Å². The monoisotopic (exact) mass is 237 g/mol. The van der Waals surface area contributed by atoms with Crippen LogP contribution in [-0.2, 0) is 11.2 Å². The van der Waals surface area contributed by atoms with Crippen molar-refractivity contribution < 1.29 is 4.74 Å². The van der Waals surface area contributed by atoms with Crippen molar-refractivity contribution in [1.82, 2.24) is 9.97 Å². The molecule has 0 amide bonds. The lowest BCUT2D eigenvalue weighted by Crippen LogP contribution is -2.04. The first-order chi connectivity index (χ1) is 7.70. The molecule has 0 atom stereocenters. The van der Waals surface area contributed by atoms with E-state index < -0.39 is 0 Å². The Bertz CT molecular complexity index is 495. The quantitative estimate of drug-likeness (QED) is 0.828. The van der Waals surface area contributed by atoms with Gasteiger partial charge in [0.25, 0.3) is 0 Å². The Kier molecular flexibility index (Phi) is 3.36. The van der Waals surface area contributed by atoms with Crippen molar-refractivity contribution in [2.24, 2.45) is 0 Å². The fourth-order valence-corrected chi connectivity index (χ4v) is 2.44. The molecule has 2 N–H and O–H groups in total. The lowest BCUT2D eigenvalue weighted by molar-refractivity contribution is 0.149. The maximum atomic E-state index is 5.89. The summed E-state index contributed by atoms with van der Waals surface area (Å²) in [6.45, 7) is 5.38. The molecule has 86 valence electrons. The summed E-state index contributed by atoms with van der Waals surface area (Å²) in [5, 5.41) is 0.961. The van der Waals surface area contributed by atoms with Gasteiger partial charge < -0.3 is 10.5 Å². The predicted octanol–water partition coefficient (Wildman–Crippen LogP) is 2.16. The summed E-state index contributed by atoms with van der Waals surface area (Å²) in [5.74, 6) is 1.33. The van der Waals surface area contributed by atoms with Crippen LogP contribution in [0.2, 0.25) is 0 Å². The van der Waals surface area contributed by atoms with Crippen LogP contribution in [0.5, 0.6) is 0 Å². The zero-order chi connectivity index (χ0) is 11.5. The molecule has 16 heavy (non-hydrogen) atoms. The number of ether oxygens (including phenoxy) is 1. The van der Waals surface area contributed by atoms with Crippen LogP contribution in [0.15, 0.2) is 6.07 Å². The number of nitrogens with two attached hydrogens (primary N) is 1. The van der Waals surface area contributed by atoms with Crippen molar-refractivity contribution >= 4 is 27.4 Å². The van der Waals surface area contributed by atoms with E-state index in [1.165, 1.54) is 4.88 Å². The second kappa shape index (κ2) is 4.76. The fourth-order valence-electron chi connectivity index (χ4n) is 1.53. The van der Waals surface area contributed by atoms with Crippen LogP contribution in [0, 0.1) is 6.92 Å². The lowest BCUT2D eigenvalue weighted by atomic mass is 10.3. The molecule has 2 aromatic rings. The van der Waals surface area contributed by atoms with E-state index in [0.29, 0.717) is 18.8 Å². The first kappa shape index (κ1) is 11.3. The zero-order valence-corrected chi connectivity index (χ0v) is 10.3.